The van der Waals surface area contributed by atoms with Crippen molar-refractivity contribution < 1.29 is 9.53 Å². The smallest absolute Gasteiger partial charge is 0.410 e. The van der Waals surface area contributed by atoms with Gasteiger partial charge in [-0.3, -0.25) is 10.3 Å². The minimum atomic E-state index is -0.492. The minimum absolute atomic E-state index is 0.0297. The van der Waals surface area contributed by atoms with E-state index >= 15 is 0 Å². The molecule has 0 aromatic heterocycles. The summed E-state index contributed by atoms with van der Waals surface area (Å²) in [6.07, 6.45) is 0.373. The molecule has 1 aliphatic heterocycles. The lowest BCUT2D eigenvalue weighted by Crippen LogP contribution is -2.58. The topological polar surface area (TPSA) is 79.4 Å². The third kappa shape index (κ3) is 2.37. The second-order valence-corrected chi connectivity index (χ2v) is 4.43. The van der Waals surface area contributed by atoms with Gasteiger partial charge in [0, 0.05) is 6.54 Å². The van der Waals surface area contributed by atoms with Gasteiger partial charge in [0.15, 0.2) is 0 Å². The van der Waals surface area contributed by atoms with E-state index in [0.29, 0.717) is 6.54 Å². The Morgan fingerprint density at radius 3 is 2.43 bits per heavy atom. The number of likely N-dealkylation sites (tertiary alicyclic amines) is 1. The lowest BCUT2D eigenvalue weighted by molar-refractivity contribution is 0.00525. The van der Waals surface area contributed by atoms with Crippen molar-refractivity contribution in [3.63, 3.8) is 0 Å². The zero-order valence-electron chi connectivity index (χ0n) is 8.83. The van der Waals surface area contributed by atoms with Crippen LogP contribution < -0.4 is 5.73 Å². The fourth-order valence-corrected chi connectivity index (χ4v) is 1.25. The zero-order valence-corrected chi connectivity index (χ0v) is 8.83. The van der Waals surface area contributed by atoms with Gasteiger partial charge in [0.2, 0.25) is 0 Å². The van der Waals surface area contributed by atoms with Crippen molar-refractivity contribution in [2.75, 3.05) is 6.54 Å². The minimum Gasteiger partial charge on any atom is -0.444 e. The van der Waals surface area contributed by atoms with Crippen molar-refractivity contribution in [2.45, 2.75) is 38.8 Å². The van der Waals surface area contributed by atoms with Crippen LogP contribution >= 0.6 is 0 Å². The summed E-state index contributed by atoms with van der Waals surface area (Å²) in [7, 11) is 0. The molecule has 0 spiro atoms. The molecule has 14 heavy (non-hydrogen) atoms. The van der Waals surface area contributed by atoms with Crippen molar-refractivity contribution in [1.29, 1.82) is 5.41 Å². The predicted octanol–water partition coefficient (Wildman–Crippen LogP) is 0.932. The third-order valence-electron chi connectivity index (χ3n) is 2.01. The first-order valence-electron chi connectivity index (χ1n) is 4.65. The molecule has 0 aromatic rings. The first kappa shape index (κ1) is 10.8. The summed E-state index contributed by atoms with van der Waals surface area (Å²) >= 11 is 0. The molecule has 0 radical (unpaired) electrons. The Hall–Kier alpha value is -1.26. The van der Waals surface area contributed by atoms with E-state index in [-0.39, 0.29) is 18.0 Å². The molecule has 0 aliphatic carbocycles. The molecule has 1 amide bonds. The van der Waals surface area contributed by atoms with E-state index in [4.69, 9.17) is 15.9 Å². The number of nitrogens with one attached hydrogen (secondary N) is 1. The largest absolute Gasteiger partial charge is 0.444 e. The molecule has 1 fully saturated rings. The molecular weight excluding hydrogens is 182 g/mol. The summed E-state index contributed by atoms with van der Waals surface area (Å²) < 4.78 is 5.16. The molecule has 1 saturated heterocycles. The molecule has 1 heterocycles. The van der Waals surface area contributed by atoms with Gasteiger partial charge >= 0.3 is 6.09 Å². The second-order valence-electron chi connectivity index (χ2n) is 4.43. The monoisotopic (exact) mass is 199 g/mol. The van der Waals surface area contributed by atoms with Crippen LogP contribution in [0.4, 0.5) is 4.79 Å². The molecule has 5 nitrogen and oxygen atoms in total. The van der Waals surface area contributed by atoms with E-state index in [2.05, 4.69) is 0 Å². The summed E-state index contributed by atoms with van der Waals surface area (Å²) in [5.41, 5.74) is 4.83. The van der Waals surface area contributed by atoms with Crippen LogP contribution in [0.2, 0.25) is 0 Å². The highest BCUT2D eigenvalue weighted by Gasteiger charge is 2.36. The molecule has 3 N–H and O–H groups in total. The van der Waals surface area contributed by atoms with E-state index < -0.39 is 5.60 Å². The van der Waals surface area contributed by atoms with Crippen molar-refractivity contribution in [3.05, 3.63) is 0 Å². The Kier molecular flexibility index (Phi) is 2.69. The van der Waals surface area contributed by atoms with Crippen molar-refractivity contribution >= 4 is 11.9 Å². The SMILES string of the molecule is CC(C)(C)OC(=O)N1CCC1C(=N)N. The standard InChI is InChI=1S/C9H17N3O2/c1-9(2,3)14-8(13)12-5-4-6(12)7(10)11/h6H,4-5H2,1-3H3,(H3,10,11). The number of rotatable bonds is 1. The predicted molar refractivity (Wildman–Crippen MR) is 53.3 cm³/mol. The van der Waals surface area contributed by atoms with Gasteiger partial charge in [-0.05, 0) is 27.2 Å². The van der Waals surface area contributed by atoms with E-state index in [1.54, 1.807) is 0 Å². The Morgan fingerprint density at radius 1 is 1.57 bits per heavy atom. The van der Waals surface area contributed by atoms with Crippen LogP contribution in [0.1, 0.15) is 27.2 Å². The van der Waals surface area contributed by atoms with Gasteiger partial charge in [0.1, 0.15) is 11.4 Å². The normalized spacial score (nSPS) is 21.4. The van der Waals surface area contributed by atoms with Gasteiger partial charge in [-0.2, -0.15) is 0 Å². The van der Waals surface area contributed by atoms with Crippen molar-refractivity contribution in [1.82, 2.24) is 4.90 Å². The number of carbonyl (C=O) groups is 1. The quantitative estimate of drug-likeness (QED) is 0.487. The van der Waals surface area contributed by atoms with Crippen LogP contribution in [-0.2, 0) is 4.74 Å². The molecule has 1 rings (SSSR count). The molecule has 0 aromatic carbocycles. The second kappa shape index (κ2) is 3.48. The lowest BCUT2D eigenvalue weighted by Gasteiger charge is -2.40. The summed E-state index contributed by atoms with van der Waals surface area (Å²) in [6.45, 7) is 6.06. The van der Waals surface area contributed by atoms with Crippen LogP contribution in [0.25, 0.3) is 0 Å². The highest BCUT2D eigenvalue weighted by atomic mass is 16.6. The molecule has 1 aliphatic rings. The summed E-state index contributed by atoms with van der Waals surface area (Å²) in [6, 6.07) is -0.259. The van der Waals surface area contributed by atoms with Crippen LogP contribution in [-0.4, -0.2) is 35.0 Å². The number of hydrogen-bond donors (Lipinski definition) is 2. The Morgan fingerprint density at radius 2 is 2.14 bits per heavy atom. The van der Waals surface area contributed by atoms with Crippen LogP contribution in [0.15, 0.2) is 0 Å². The van der Waals surface area contributed by atoms with Crippen molar-refractivity contribution in [2.24, 2.45) is 5.73 Å². The van der Waals surface area contributed by atoms with Gasteiger partial charge in [0.25, 0.3) is 0 Å². The van der Waals surface area contributed by atoms with Gasteiger partial charge in [-0.1, -0.05) is 0 Å². The van der Waals surface area contributed by atoms with Crippen LogP contribution in [0.3, 0.4) is 0 Å². The molecule has 5 heteroatoms. The Labute approximate surface area is 83.7 Å². The van der Waals surface area contributed by atoms with Gasteiger partial charge < -0.3 is 10.5 Å². The fraction of sp³-hybridized carbons (Fsp3) is 0.778. The Balaban J connectivity index is 2.51. The van der Waals surface area contributed by atoms with E-state index in [1.165, 1.54) is 4.90 Å². The first-order chi connectivity index (χ1) is 6.31. The number of nitrogens with two attached hydrogens (primary N) is 1. The average Bonchev–Trinajstić information content (AvgIpc) is 1.75. The molecule has 0 saturated carbocycles. The fourth-order valence-electron chi connectivity index (χ4n) is 1.25. The summed E-state index contributed by atoms with van der Waals surface area (Å²) in [5.74, 6) is 0.0297. The van der Waals surface area contributed by atoms with Gasteiger partial charge in [0.05, 0.1) is 6.04 Å². The maximum Gasteiger partial charge on any atom is 0.410 e. The Bertz CT molecular complexity index is 257. The van der Waals surface area contributed by atoms with Gasteiger partial charge in [-0.15, -0.1) is 0 Å². The number of ether oxygens (including phenoxy) is 1. The number of amidine groups is 1. The molecule has 0 bridgehead atoms. The highest BCUT2D eigenvalue weighted by molar-refractivity contribution is 5.88. The van der Waals surface area contributed by atoms with E-state index in [9.17, 15) is 4.79 Å². The molecular formula is C9H17N3O2. The van der Waals surface area contributed by atoms with Crippen LogP contribution in [0.5, 0.6) is 0 Å². The summed E-state index contributed by atoms with van der Waals surface area (Å²) in [5, 5.41) is 7.23. The average molecular weight is 199 g/mol. The number of amides is 1. The van der Waals surface area contributed by atoms with E-state index in [0.717, 1.165) is 6.42 Å². The lowest BCUT2D eigenvalue weighted by atomic mass is 10.0. The molecule has 1 unspecified atom stereocenters. The third-order valence-corrected chi connectivity index (χ3v) is 2.01. The zero-order chi connectivity index (χ0) is 10.9. The maximum atomic E-state index is 11.5. The first-order valence-corrected chi connectivity index (χ1v) is 4.65. The van der Waals surface area contributed by atoms with E-state index in [1.807, 2.05) is 20.8 Å². The maximum absolute atomic E-state index is 11.5. The van der Waals surface area contributed by atoms with Crippen molar-refractivity contribution in [3.8, 4) is 0 Å². The number of nitrogens with zero attached hydrogens (tertiary/aromatic N) is 1. The molecule has 1 atom stereocenters. The van der Waals surface area contributed by atoms with Gasteiger partial charge in [-0.25, -0.2) is 4.79 Å². The number of carbonyl (C=O) groups excluding carboxylic acids is 1. The summed E-state index contributed by atoms with van der Waals surface area (Å²) in [4.78, 5) is 13.0. The molecule has 80 valence electrons. The van der Waals surface area contributed by atoms with Crippen LogP contribution in [0, 0.1) is 5.41 Å². The number of hydrogen-bond acceptors (Lipinski definition) is 3. The highest BCUT2D eigenvalue weighted by Crippen LogP contribution is 2.20.